The maximum atomic E-state index is 12.6. The predicted octanol–water partition coefficient (Wildman–Crippen LogP) is 14.8. The lowest BCUT2D eigenvalue weighted by molar-refractivity contribution is -0.161. The summed E-state index contributed by atoms with van der Waals surface area (Å²) in [4.78, 5) is 35.0. The van der Waals surface area contributed by atoms with E-state index in [1.807, 2.05) is 12.2 Å². The van der Waals surface area contributed by atoms with Crippen molar-refractivity contribution in [3.05, 3.63) is 60.8 Å². The van der Waals surface area contributed by atoms with Crippen LogP contribution in [0.15, 0.2) is 60.8 Å². The number of carbonyl (C=O) groups excluding carboxylic acids is 2. The van der Waals surface area contributed by atoms with Crippen LogP contribution in [0.4, 0.5) is 0 Å². The van der Waals surface area contributed by atoms with Crippen molar-refractivity contribution in [2.45, 2.75) is 225 Å². The van der Waals surface area contributed by atoms with Gasteiger partial charge in [0.2, 0.25) is 0 Å². The van der Waals surface area contributed by atoms with E-state index < -0.39 is 32.5 Å². The molecule has 0 aliphatic carbocycles. The first kappa shape index (κ1) is 58.7. The zero-order chi connectivity index (χ0) is 44.6. The molecule has 9 nitrogen and oxygen atoms in total. The summed E-state index contributed by atoms with van der Waals surface area (Å²) in [5, 5.41) is 0. The highest BCUT2D eigenvalue weighted by Crippen LogP contribution is 2.43. The van der Waals surface area contributed by atoms with E-state index in [0.29, 0.717) is 12.8 Å². The van der Waals surface area contributed by atoms with Crippen molar-refractivity contribution in [2.24, 2.45) is 5.73 Å². The second kappa shape index (κ2) is 47.2. The number of esters is 2. The van der Waals surface area contributed by atoms with E-state index in [1.165, 1.54) is 135 Å². The number of hydrogen-bond donors (Lipinski definition) is 2. The zero-order valence-corrected chi connectivity index (χ0v) is 40.0. The molecular formula is C51H92NO8P. The summed E-state index contributed by atoms with van der Waals surface area (Å²) in [5.74, 6) is -0.919. The molecule has 0 aromatic rings. The van der Waals surface area contributed by atoms with E-state index in [4.69, 9.17) is 24.3 Å². The third-order valence-electron chi connectivity index (χ3n) is 10.4. The minimum atomic E-state index is -4.40. The van der Waals surface area contributed by atoms with Gasteiger partial charge >= 0.3 is 19.8 Å². The van der Waals surface area contributed by atoms with Crippen LogP contribution in [0.25, 0.3) is 0 Å². The van der Waals surface area contributed by atoms with Crippen molar-refractivity contribution in [1.82, 2.24) is 0 Å². The first-order valence-corrected chi connectivity index (χ1v) is 26.3. The van der Waals surface area contributed by atoms with Gasteiger partial charge in [-0.3, -0.25) is 18.6 Å². The quantitative estimate of drug-likeness (QED) is 0.0265. The fourth-order valence-electron chi connectivity index (χ4n) is 6.74. The van der Waals surface area contributed by atoms with Crippen LogP contribution in [0.3, 0.4) is 0 Å². The third kappa shape index (κ3) is 47.0. The van der Waals surface area contributed by atoms with Gasteiger partial charge in [0.25, 0.3) is 0 Å². The molecule has 0 bridgehead atoms. The van der Waals surface area contributed by atoms with Crippen LogP contribution in [-0.2, 0) is 32.7 Å². The Morgan fingerprint density at radius 3 is 1.33 bits per heavy atom. The molecule has 0 heterocycles. The van der Waals surface area contributed by atoms with Crippen LogP contribution in [0.1, 0.15) is 219 Å². The monoisotopic (exact) mass is 878 g/mol. The molecule has 0 aromatic heterocycles. The maximum Gasteiger partial charge on any atom is 0.472 e. The van der Waals surface area contributed by atoms with E-state index in [-0.39, 0.29) is 32.6 Å². The summed E-state index contributed by atoms with van der Waals surface area (Å²) >= 11 is 0. The Kier molecular flexibility index (Phi) is 45.4. The number of phosphoric acid groups is 1. The molecule has 0 saturated heterocycles. The summed E-state index contributed by atoms with van der Waals surface area (Å²) in [6.07, 6.45) is 57.0. The van der Waals surface area contributed by atoms with Gasteiger partial charge in [0.15, 0.2) is 6.10 Å². The van der Waals surface area contributed by atoms with Gasteiger partial charge in [0.1, 0.15) is 6.61 Å². The molecule has 0 amide bonds. The predicted molar refractivity (Wildman–Crippen MR) is 256 cm³/mol. The standard InChI is InChI=1S/C51H92NO8P/c1-3-5-7-9-11-13-15-17-19-21-23-24-26-28-30-32-34-36-38-40-42-44-51(54)60-49(48-59-61(55,56)58-46-45-52)47-57-50(53)43-41-39-37-35-33-31-29-27-25-22-20-18-16-14-12-10-8-6-4-2/h12,14,18,20,25,27,31,33,37,39,49H,3-11,13,15-17,19,21-24,26,28-30,32,34-36,38,40-48,52H2,1-2H3,(H,55,56)/t49-/m1/s1. The SMILES string of the molecule is CCCCCC=CCC=CCC=CCC=CCC=CCCC(=O)OC[C@H](COP(=O)(O)OCCN)OC(=O)CCCCCCCCCCCCCCCCCCCCCCC. The fourth-order valence-corrected chi connectivity index (χ4v) is 7.50. The molecule has 2 atom stereocenters. The second-order valence-electron chi connectivity index (χ2n) is 16.3. The molecule has 10 heteroatoms. The Hall–Kier alpha value is -2.29. The Bertz CT molecular complexity index is 1180. The Balaban J connectivity index is 4.16. The minimum absolute atomic E-state index is 0.0431. The molecule has 0 saturated carbocycles. The highest BCUT2D eigenvalue weighted by molar-refractivity contribution is 7.47. The fraction of sp³-hybridized carbons (Fsp3) is 0.765. The number of hydrogen-bond acceptors (Lipinski definition) is 8. The number of ether oxygens (including phenoxy) is 2. The molecule has 0 aliphatic rings. The van der Waals surface area contributed by atoms with Crippen LogP contribution < -0.4 is 5.73 Å². The van der Waals surface area contributed by atoms with E-state index >= 15 is 0 Å². The van der Waals surface area contributed by atoms with Crippen molar-refractivity contribution in [1.29, 1.82) is 0 Å². The van der Waals surface area contributed by atoms with Gasteiger partial charge in [-0.25, -0.2) is 4.57 Å². The average Bonchev–Trinajstić information content (AvgIpc) is 3.25. The highest BCUT2D eigenvalue weighted by atomic mass is 31.2. The first-order valence-electron chi connectivity index (χ1n) is 24.8. The smallest absolute Gasteiger partial charge is 0.462 e. The van der Waals surface area contributed by atoms with Crippen molar-refractivity contribution in [3.8, 4) is 0 Å². The Morgan fingerprint density at radius 1 is 0.492 bits per heavy atom. The van der Waals surface area contributed by atoms with Gasteiger partial charge in [-0.05, 0) is 51.4 Å². The molecule has 61 heavy (non-hydrogen) atoms. The van der Waals surface area contributed by atoms with Crippen LogP contribution >= 0.6 is 7.82 Å². The van der Waals surface area contributed by atoms with Crippen LogP contribution in [0, 0.1) is 0 Å². The largest absolute Gasteiger partial charge is 0.472 e. The molecule has 354 valence electrons. The zero-order valence-electron chi connectivity index (χ0n) is 39.1. The van der Waals surface area contributed by atoms with Gasteiger partial charge in [0.05, 0.1) is 13.2 Å². The number of allylic oxidation sites excluding steroid dienone is 10. The lowest BCUT2D eigenvalue weighted by atomic mass is 10.0. The van der Waals surface area contributed by atoms with Gasteiger partial charge in [-0.15, -0.1) is 0 Å². The van der Waals surface area contributed by atoms with Crippen molar-refractivity contribution in [2.75, 3.05) is 26.4 Å². The van der Waals surface area contributed by atoms with Crippen LogP contribution in [-0.4, -0.2) is 49.3 Å². The molecule has 0 aromatic carbocycles. The maximum absolute atomic E-state index is 12.6. The first-order chi connectivity index (χ1) is 29.8. The molecule has 0 radical (unpaired) electrons. The minimum Gasteiger partial charge on any atom is -0.462 e. The summed E-state index contributed by atoms with van der Waals surface area (Å²) < 4.78 is 32.8. The van der Waals surface area contributed by atoms with E-state index in [1.54, 1.807) is 0 Å². The van der Waals surface area contributed by atoms with Crippen LogP contribution in [0.2, 0.25) is 0 Å². The number of carbonyl (C=O) groups is 2. The van der Waals surface area contributed by atoms with E-state index in [9.17, 15) is 19.0 Å². The number of unbranched alkanes of at least 4 members (excludes halogenated alkanes) is 23. The molecule has 0 rings (SSSR count). The molecule has 1 unspecified atom stereocenters. The lowest BCUT2D eigenvalue weighted by Gasteiger charge is -2.19. The number of phosphoric ester groups is 1. The van der Waals surface area contributed by atoms with Crippen molar-refractivity contribution >= 4 is 19.8 Å². The van der Waals surface area contributed by atoms with E-state index in [2.05, 4.69) is 62.5 Å². The topological polar surface area (TPSA) is 134 Å². The summed E-state index contributed by atoms with van der Waals surface area (Å²) in [6, 6.07) is 0. The Labute approximate surface area is 374 Å². The number of rotatable bonds is 46. The highest BCUT2D eigenvalue weighted by Gasteiger charge is 2.26. The summed E-state index contributed by atoms with van der Waals surface area (Å²) in [5.41, 5.74) is 5.36. The lowest BCUT2D eigenvalue weighted by Crippen LogP contribution is -2.29. The summed E-state index contributed by atoms with van der Waals surface area (Å²) in [7, 11) is -4.40. The summed E-state index contributed by atoms with van der Waals surface area (Å²) in [6.45, 7) is 3.65. The van der Waals surface area contributed by atoms with Crippen LogP contribution in [0.5, 0.6) is 0 Å². The molecular weight excluding hydrogens is 786 g/mol. The molecule has 3 N–H and O–H groups in total. The molecule has 0 aliphatic heterocycles. The third-order valence-corrected chi connectivity index (χ3v) is 11.4. The van der Waals surface area contributed by atoms with Crippen molar-refractivity contribution in [3.63, 3.8) is 0 Å². The van der Waals surface area contributed by atoms with Gasteiger partial charge < -0.3 is 20.1 Å². The van der Waals surface area contributed by atoms with Gasteiger partial charge in [-0.2, -0.15) is 0 Å². The molecule has 0 spiro atoms. The van der Waals surface area contributed by atoms with E-state index in [0.717, 1.165) is 44.9 Å². The second-order valence-corrected chi connectivity index (χ2v) is 17.8. The van der Waals surface area contributed by atoms with Gasteiger partial charge in [-0.1, -0.05) is 216 Å². The Morgan fingerprint density at radius 2 is 0.885 bits per heavy atom. The average molecular weight is 878 g/mol. The molecule has 0 fully saturated rings. The number of nitrogens with two attached hydrogens (primary N) is 1. The van der Waals surface area contributed by atoms with Gasteiger partial charge in [0, 0.05) is 19.4 Å². The normalized spacial score (nSPS) is 13.7. The van der Waals surface area contributed by atoms with Crippen molar-refractivity contribution < 1.29 is 37.6 Å².